The molecule has 2 aromatic carbocycles. The number of hydrogen-bond donors (Lipinski definition) is 0. The summed E-state index contributed by atoms with van der Waals surface area (Å²) in [6.45, 7) is 12.5. The van der Waals surface area contributed by atoms with Crippen LogP contribution in [0.25, 0.3) is 0 Å². The summed E-state index contributed by atoms with van der Waals surface area (Å²) >= 11 is 0. The Morgan fingerprint density at radius 3 is 2.17 bits per heavy atom. The molecule has 2 fully saturated rings. The van der Waals surface area contributed by atoms with Crippen LogP contribution in [0, 0.1) is 13.8 Å². The fourth-order valence-electron chi connectivity index (χ4n) is 4.73. The fraction of sp³-hybridized carbons (Fsp3) is 0.520. The molecule has 0 aromatic heterocycles. The third-order valence-electron chi connectivity index (χ3n) is 6.54. The van der Waals surface area contributed by atoms with Crippen molar-refractivity contribution in [2.75, 3.05) is 56.2 Å². The Morgan fingerprint density at radius 1 is 0.759 bits per heavy atom. The summed E-state index contributed by atoms with van der Waals surface area (Å²) in [4.78, 5) is 7.46. The van der Waals surface area contributed by atoms with Crippen molar-refractivity contribution < 1.29 is 4.74 Å². The average Bonchev–Trinajstić information content (AvgIpc) is 3.27. The van der Waals surface area contributed by atoms with Crippen LogP contribution in [0.15, 0.2) is 36.4 Å². The number of hydrogen-bond acceptors (Lipinski definition) is 4. The van der Waals surface area contributed by atoms with Crippen molar-refractivity contribution in [1.82, 2.24) is 4.90 Å². The average molecular weight is 394 g/mol. The number of para-hydroxylation sites is 1. The van der Waals surface area contributed by atoms with Crippen LogP contribution in [0.3, 0.4) is 0 Å². The third kappa shape index (κ3) is 4.59. The van der Waals surface area contributed by atoms with Crippen LogP contribution in [0.2, 0.25) is 0 Å². The summed E-state index contributed by atoms with van der Waals surface area (Å²) in [5.74, 6) is 0. The number of nitrogens with zero attached hydrogens (tertiary/aromatic N) is 3. The summed E-state index contributed by atoms with van der Waals surface area (Å²) in [6.07, 6.45) is 2.65. The standard InChI is InChI=1S/C25H35N3O/c1-20-21(2)24(27-12-6-7-13-27)11-10-22(20)18-26(3)19-23-8-4-5-9-25(23)28-14-16-29-17-15-28/h4-5,8-11H,6-7,12-19H2,1-3H3. The number of benzene rings is 2. The first kappa shape index (κ1) is 20.2. The highest BCUT2D eigenvalue weighted by Crippen LogP contribution is 2.29. The Bertz CT molecular complexity index is 823. The lowest BCUT2D eigenvalue weighted by Crippen LogP contribution is -2.37. The Kier molecular flexibility index (Phi) is 6.41. The molecule has 156 valence electrons. The molecule has 0 bridgehead atoms. The van der Waals surface area contributed by atoms with E-state index in [2.05, 4.69) is 72.0 Å². The zero-order valence-electron chi connectivity index (χ0n) is 18.3. The Balaban J connectivity index is 1.46. The van der Waals surface area contributed by atoms with Crippen LogP contribution >= 0.6 is 0 Å². The SMILES string of the molecule is Cc1c(CN(C)Cc2ccccc2N2CCOCC2)ccc(N2CCCC2)c1C. The van der Waals surface area contributed by atoms with Crippen LogP contribution in [0.5, 0.6) is 0 Å². The maximum atomic E-state index is 5.54. The molecule has 2 saturated heterocycles. The van der Waals surface area contributed by atoms with Gasteiger partial charge in [0.15, 0.2) is 0 Å². The van der Waals surface area contributed by atoms with E-state index in [1.807, 2.05) is 0 Å². The van der Waals surface area contributed by atoms with Gasteiger partial charge >= 0.3 is 0 Å². The van der Waals surface area contributed by atoms with Crippen molar-refractivity contribution in [2.24, 2.45) is 0 Å². The van der Waals surface area contributed by atoms with Gasteiger partial charge in [0.1, 0.15) is 0 Å². The molecule has 4 heteroatoms. The highest BCUT2D eigenvalue weighted by atomic mass is 16.5. The van der Waals surface area contributed by atoms with Gasteiger partial charge in [-0.2, -0.15) is 0 Å². The minimum absolute atomic E-state index is 0.825. The predicted molar refractivity (Wildman–Crippen MR) is 122 cm³/mol. The molecule has 29 heavy (non-hydrogen) atoms. The predicted octanol–water partition coefficient (Wildman–Crippen LogP) is 4.37. The van der Waals surface area contributed by atoms with Crippen molar-refractivity contribution in [3.63, 3.8) is 0 Å². The lowest BCUT2D eigenvalue weighted by molar-refractivity contribution is 0.122. The highest BCUT2D eigenvalue weighted by Gasteiger charge is 2.18. The number of rotatable bonds is 6. The van der Waals surface area contributed by atoms with Crippen molar-refractivity contribution in [1.29, 1.82) is 0 Å². The van der Waals surface area contributed by atoms with Gasteiger partial charge in [-0.15, -0.1) is 0 Å². The maximum Gasteiger partial charge on any atom is 0.0642 e. The van der Waals surface area contributed by atoms with E-state index in [0.717, 1.165) is 39.4 Å². The molecule has 0 unspecified atom stereocenters. The third-order valence-corrected chi connectivity index (χ3v) is 6.54. The van der Waals surface area contributed by atoms with Gasteiger partial charge in [0.25, 0.3) is 0 Å². The van der Waals surface area contributed by atoms with Crippen molar-refractivity contribution in [3.8, 4) is 0 Å². The summed E-state index contributed by atoms with van der Waals surface area (Å²) in [5, 5.41) is 0. The number of ether oxygens (including phenoxy) is 1. The van der Waals surface area contributed by atoms with E-state index in [0.29, 0.717) is 0 Å². The fourth-order valence-corrected chi connectivity index (χ4v) is 4.73. The van der Waals surface area contributed by atoms with Gasteiger partial charge in [-0.05, 0) is 68.1 Å². The summed E-state index contributed by atoms with van der Waals surface area (Å²) in [6, 6.07) is 13.5. The molecule has 0 saturated carbocycles. The van der Waals surface area contributed by atoms with Gasteiger partial charge in [-0.1, -0.05) is 24.3 Å². The molecule has 0 amide bonds. The van der Waals surface area contributed by atoms with Gasteiger partial charge in [-0.25, -0.2) is 0 Å². The van der Waals surface area contributed by atoms with E-state index in [-0.39, 0.29) is 0 Å². The van der Waals surface area contributed by atoms with Crippen LogP contribution in [0.4, 0.5) is 11.4 Å². The molecule has 0 atom stereocenters. The smallest absolute Gasteiger partial charge is 0.0642 e. The number of morpholine rings is 1. The van der Waals surface area contributed by atoms with Gasteiger partial charge in [0, 0.05) is 50.6 Å². The van der Waals surface area contributed by atoms with E-state index < -0.39 is 0 Å². The molecule has 0 aliphatic carbocycles. The highest BCUT2D eigenvalue weighted by molar-refractivity contribution is 5.59. The van der Waals surface area contributed by atoms with Crippen LogP contribution in [-0.2, 0) is 17.8 Å². The van der Waals surface area contributed by atoms with Gasteiger partial charge in [-0.3, -0.25) is 4.90 Å². The largest absolute Gasteiger partial charge is 0.378 e. The zero-order valence-corrected chi connectivity index (χ0v) is 18.3. The molecule has 2 aliphatic heterocycles. The van der Waals surface area contributed by atoms with Gasteiger partial charge < -0.3 is 14.5 Å². The molecular formula is C25H35N3O. The second kappa shape index (κ2) is 9.19. The molecule has 4 rings (SSSR count). The maximum absolute atomic E-state index is 5.54. The Morgan fingerprint density at radius 2 is 1.41 bits per heavy atom. The summed E-state index contributed by atoms with van der Waals surface area (Å²) < 4.78 is 5.54. The van der Waals surface area contributed by atoms with Crippen molar-refractivity contribution in [2.45, 2.75) is 39.8 Å². The topological polar surface area (TPSA) is 19.0 Å². The normalized spacial score (nSPS) is 17.4. The van der Waals surface area contributed by atoms with E-state index >= 15 is 0 Å². The van der Waals surface area contributed by atoms with Crippen LogP contribution in [0.1, 0.15) is 35.1 Å². The first-order valence-electron chi connectivity index (χ1n) is 11.1. The molecular weight excluding hydrogens is 358 g/mol. The summed E-state index contributed by atoms with van der Waals surface area (Å²) in [7, 11) is 2.24. The zero-order chi connectivity index (χ0) is 20.2. The molecule has 2 aliphatic rings. The van der Waals surface area contributed by atoms with Crippen molar-refractivity contribution in [3.05, 3.63) is 58.7 Å². The monoisotopic (exact) mass is 393 g/mol. The van der Waals surface area contributed by atoms with E-state index in [1.54, 1.807) is 0 Å². The molecule has 0 spiro atoms. The molecule has 4 nitrogen and oxygen atoms in total. The lowest BCUT2D eigenvalue weighted by Gasteiger charge is -2.31. The van der Waals surface area contributed by atoms with Crippen LogP contribution < -0.4 is 9.80 Å². The van der Waals surface area contributed by atoms with Crippen LogP contribution in [-0.4, -0.2) is 51.3 Å². The quantitative estimate of drug-likeness (QED) is 0.725. The molecule has 2 aromatic rings. The van der Waals surface area contributed by atoms with E-state index in [1.165, 1.54) is 59.6 Å². The lowest BCUT2D eigenvalue weighted by atomic mass is 10.00. The minimum Gasteiger partial charge on any atom is -0.378 e. The first-order valence-corrected chi connectivity index (χ1v) is 11.1. The summed E-state index contributed by atoms with van der Waals surface area (Å²) in [5.41, 5.74) is 8.54. The first-order chi connectivity index (χ1) is 14.1. The second-order valence-electron chi connectivity index (χ2n) is 8.59. The second-order valence-corrected chi connectivity index (χ2v) is 8.59. The molecule has 0 N–H and O–H groups in total. The Hall–Kier alpha value is -2.04. The van der Waals surface area contributed by atoms with E-state index in [4.69, 9.17) is 4.74 Å². The minimum atomic E-state index is 0.825. The van der Waals surface area contributed by atoms with E-state index in [9.17, 15) is 0 Å². The molecule has 2 heterocycles. The number of anilines is 2. The van der Waals surface area contributed by atoms with Gasteiger partial charge in [0.05, 0.1) is 13.2 Å². The molecule has 0 radical (unpaired) electrons. The van der Waals surface area contributed by atoms with Gasteiger partial charge in [0.2, 0.25) is 0 Å². The van der Waals surface area contributed by atoms with Crippen molar-refractivity contribution >= 4 is 11.4 Å². The Labute approximate surface area is 176 Å².